The number of carbonyl (C=O) groups is 1. The predicted octanol–water partition coefficient (Wildman–Crippen LogP) is 1.37. The number of anilines is 1. The molecule has 4 nitrogen and oxygen atoms in total. The van der Waals surface area contributed by atoms with E-state index >= 15 is 0 Å². The molecule has 0 saturated carbocycles. The number of rotatable bonds is 3. The van der Waals surface area contributed by atoms with E-state index in [4.69, 9.17) is 0 Å². The Hall–Kier alpha value is -1.36. The van der Waals surface area contributed by atoms with Crippen molar-refractivity contribution in [3.05, 3.63) is 29.8 Å². The van der Waals surface area contributed by atoms with Crippen LogP contribution in [0.4, 0.5) is 5.69 Å². The molecule has 5 heteroatoms. The molecule has 18 heavy (non-hydrogen) atoms. The van der Waals surface area contributed by atoms with Gasteiger partial charge in [0.05, 0.1) is 5.56 Å². The summed E-state index contributed by atoms with van der Waals surface area (Å²) in [5.41, 5.74) is 1.49. The highest BCUT2D eigenvalue weighted by Crippen LogP contribution is 2.16. The molecule has 1 aromatic rings. The van der Waals surface area contributed by atoms with Gasteiger partial charge in [-0.05, 0) is 25.0 Å². The van der Waals surface area contributed by atoms with Crippen molar-refractivity contribution >= 4 is 22.4 Å². The second-order valence-electron chi connectivity index (χ2n) is 4.39. The first-order valence-corrected chi connectivity index (χ1v) is 7.62. The molecular formula is C13H18N2O2S. The molecule has 0 aliphatic carbocycles. The Labute approximate surface area is 110 Å². The van der Waals surface area contributed by atoms with E-state index in [1.807, 2.05) is 24.3 Å². The molecule has 0 radical (unpaired) electrons. The molecule has 1 fully saturated rings. The molecule has 2 N–H and O–H groups in total. The maximum atomic E-state index is 12.1. The molecular weight excluding hydrogens is 248 g/mol. The van der Waals surface area contributed by atoms with E-state index in [2.05, 4.69) is 10.6 Å². The van der Waals surface area contributed by atoms with Gasteiger partial charge in [0.2, 0.25) is 0 Å². The number of para-hydroxylation sites is 1. The van der Waals surface area contributed by atoms with Crippen molar-refractivity contribution < 1.29 is 9.00 Å². The highest BCUT2D eigenvalue weighted by atomic mass is 32.2. The topological polar surface area (TPSA) is 58.2 Å². The molecule has 1 aromatic carbocycles. The summed E-state index contributed by atoms with van der Waals surface area (Å²) in [7, 11) is 1.11. The van der Waals surface area contributed by atoms with Crippen LogP contribution in [0.5, 0.6) is 0 Å². The first kappa shape index (κ1) is 13.1. The van der Waals surface area contributed by atoms with Crippen LogP contribution in [0, 0.1) is 0 Å². The van der Waals surface area contributed by atoms with Crippen LogP contribution in [0.15, 0.2) is 24.3 Å². The Balaban J connectivity index is 2.01. The molecule has 1 aliphatic rings. The number of hydrogen-bond acceptors (Lipinski definition) is 3. The maximum Gasteiger partial charge on any atom is 0.253 e. The van der Waals surface area contributed by atoms with E-state index in [0.717, 1.165) is 18.5 Å². The van der Waals surface area contributed by atoms with E-state index in [-0.39, 0.29) is 11.9 Å². The molecule has 2 rings (SSSR count). The van der Waals surface area contributed by atoms with Gasteiger partial charge in [-0.2, -0.15) is 0 Å². The van der Waals surface area contributed by atoms with E-state index in [0.29, 0.717) is 17.1 Å². The third-order valence-corrected chi connectivity index (χ3v) is 4.55. The number of amides is 1. The van der Waals surface area contributed by atoms with Crippen molar-refractivity contribution in [2.45, 2.75) is 18.9 Å². The normalized spacial score (nSPS) is 23.4. The first-order chi connectivity index (χ1) is 8.70. The molecule has 0 bridgehead atoms. The lowest BCUT2D eigenvalue weighted by molar-refractivity contribution is 0.0935. The molecule has 0 atom stereocenters. The Morgan fingerprint density at radius 2 is 1.94 bits per heavy atom. The summed E-state index contributed by atoms with van der Waals surface area (Å²) in [5.74, 6) is 1.33. The van der Waals surface area contributed by atoms with Crippen molar-refractivity contribution in [1.29, 1.82) is 0 Å². The first-order valence-electron chi connectivity index (χ1n) is 6.13. The Kier molecular flexibility index (Phi) is 4.36. The third-order valence-electron chi connectivity index (χ3n) is 3.16. The van der Waals surface area contributed by atoms with Crippen LogP contribution < -0.4 is 10.6 Å². The fourth-order valence-electron chi connectivity index (χ4n) is 2.10. The third kappa shape index (κ3) is 3.10. The lowest BCUT2D eigenvalue weighted by atomic mass is 10.1. The SMILES string of the molecule is CNc1ccccc1C(=O)NC1CCS(=O)CC1. The van der Waals surface area contributed by atoms with Crippen molar-refractivity contribution in [2.75, 3.05) is 23.9 Å². The molecule has 1 amide bonds. The fraction of sp³-hybridized carbons (Fsp3) is 0.462. The van der Waals surface area contributed by atoms with E-state index < -0.39 is 10.8 Å². The molecule has 0 unspecified atom stereocenters. The molecule has 0 aromatic heterocycles. The Bertz CT molecular complexity index is 452. The highest BCUT2D eigenvalue weighted by molar-refractivity contribution is 7.85. The summed E-state index contributed by atoms with van der Waals surface area (Å²) in [6.07, 6.45) is 1.61. The van der Waals surface area contributed by atoms with E-state index in [1.165, 1.54) is 0 Å². The molecule has 1 heterocycles. The lowest BCUT2D eigenvalue weighted by Crippen LogP contribution is -2.39. The van der Waals surface area contributed by atoms with Crippen molar-refractivity contribution in [1.82, 2.24) is 5.32 Å². The fourth-order valence-corrected chi connectivity index (χ4v) is 3.40. The van der Waals surface area contributed by atoms with Gasteiger partial charge in [0, 0.05) is 41.1 Å². The monoisotopic (exact) mass is 266 g/mol. The maximum absolute atomic E-state index is 12.1. The van der Waals surface area contributed by atoms with Crippen molar-refractivity contribution in [2.24, 2.45) is 0 Å². The number of benzene rings is 1. The summed E-state index contributed by atoms with van der Waals surface area (Å²) >= 11 is 0. The Morgan fingerprint density at radius 1 is 1.28 bits per heavy atom. The number of nitrogens with one attached hydrogen (secondary N) is 2. The number of carbonyl (C=O) groups excluding carboxylic acids is 1. The second kappa shape index (κ2) is 6.00. The molecule has 1 aliphatic heterocycles. The predicted molar refractivity (Wildman–Crippen MR) is 74.4 cm³/mol. The lowest BCUT2D eigenvalue weighted by Gasteiger charge is -2.23. The molecule has 1 saturated heterocycles. The van der Waals surface area contributed by atoms with E-state index in [9.17, 15) is 9.00 Å². The molecule has 0 spiro atoms. The summed E-state index contributed by atoms with van der Waals surface area (Å²) in [5, 5.41) is 6.03. The second-order valence-corrected chi connectivity index (χ2v) is 6.09. The van der Waals surface area contributed by atoms with Crippen LogP contribution in [0.1, 0.15) is 23.2 Å². The zero-order valence-corrected chi connectivity index (χ0v) is 11.3. The van der Waals surface area contributed by atoms with Crippen LogP contribution >= 0.6 is 0 Å². The van der Waals surface area contributed by atoms with Gasteiger partial charge in [-0.3, -0.25) is 9.00 Å². The van der Waals surface area contributed by atoms with Crippen molar-refractivity contribution in [3.63, 3.8) is 0 Å². The average molecular weight is 266 g/mol. The van der Waals surface area contributed by atoms with Gasteiger partial charge >= 0.3 is 0 Å². The van der Waals surface area contributed by atoms with Gasteiger partial charge in [0.1, 0.15) is 0 Å². The standard InChI is InChI=1S/C13H18N2O2S/c1-14-12-5-3-2-4-11(12)13(16)15-10-6-8-18(17)9-7-10/h2-5,10,14H,6-9H2,1H3,(H,15,16). The van der Waals surface area contributed by atoms with Gasteiger partial charge in [-0.25, -0.2) is 0 Å². The zero-order valence-electron chi connectivity index (χ0n) is 10.4. The Morgan fingerprint density at radius 3 is 2.61 bits per heavy atom. The minimum Gasteiger partial charge on any atom is -0.387 e. The molecule has 98 valence electrons. The van der Waals surface area contributed by atoms with Gasteiger partial charge < -0.3 is 10.6 Å². The minimum absolute atomic E-state index is 0.0577. The average Bonchev–Trinajstić information content (AvgIpc) is 2.41. The highest BCUT2D eigenvalue weighted by Gasteiger charge is 2.20. The van der Waals surface area contributed by atoms with Crippen LogP contribution in [0.2, 0.25) is 0 Å². The van der Waals surface area contributed by atoms with E-state index in [1.54, 1.807) is 7.05 Å². The summed E-state index contributed by atoms with van der Waals surface area (Å²) in [6.45, 7) is 0. The number of hydrogen-bond donors (Lipinski definition) is 2. The smallest absolute Gasteiger partial charge is 0.253 e. The van der Waals surface area contributed by atoms with Crippen LogP contribution in [0.25, 0.3) is 0 Å². The van der Waals surface area contributed by atoms with Crippen molar-refractivity contribution in [3.8, 4) is 0 Å². The van der Waals surface area contributed by atoms with Gasteiger partial charge in [-0.15, -0.1) is 0 Å². The van der Waals surface area contributed by atoms with Crippen LogP contribution in [0.3, 0.4) is 0 Å². The minimum atomic E-state index is -0.690. The quantitative estimate of drug-likeness (QED) is 0.868. The van der Waals surface area contributed by atoms with Gasteiger partial charge in [0.15, 0.2) is 0 Å². The summed E-state index contributed by atoms with van der Waals surface area (Å²) in [4.78, 5) is 12.1. The summed E-state index contributed by atoms with van der Waals surface area (Å²) in [6, 6.07) is 7.59. The zero-order chi connectivity index (χ0) is 13.0. The van der Waals surface area contributed by atoms with Gasteiger partial charge in [-0.1, -0.05) is 12.1 Å². The van der Waals surface area contributed by atoms with Gasteiger partial charge in [0.25, 0.3) is 5.91 Å². The van der Waals surface area contributed by atoms with Crippen LogP contribution in [-0.2, 0) is 10.8 Å². The summed E-state index contributed by atoms with van der Waals surface area (Å²) < 4.78 is 11.3. The van der Waals surface area contributed by atoms with Crippen LogP contribution in [-0.4, -0.2) is 34.7 Å². The largest absolute Gasteiger partial charge is 0.387 e.